The molecule has 0 radical (unpaired) electrons. The molecule has 154 valence electrons. The highest BCUT2D eigenvalue weighted by atomic mass is 127. The predicted octanol–water partition coefficient (Wildman–Crippen LogP) is 2.21. The Hall–Kier alpha value is -1.20. The Bertz CT molecular complexity index is 568. The first-order valence-corrected chi connectivity index (χ1v) is 9.04. The van der Waals surface area contributed by atoms with Crippen molar-refractivity contribution < 1.29 is 13.5 Å². The van der Waals surface area contributed by atoms with Gasteiger partial charge in [-0.3, -0.25) is 9.89 Å². The fourth-order valence-corrected chi connectivity index (χ4v) is 2.92. The summed E-state index contributed by atoms with van der Waals surface area (Å²) in [4.78, 5) is 9.06. The van der Waals surface area contributed by atoms with Crippen LogP contribution in [0.1, 0.15) is 12.5 Å². The molecule has 1 aliphatic rings. The average Bonchev–Trinajstić information content (AvgIpc) is 2.65. The standard InChI is InChI=1S/C18H29F2N5O.HI/c1-3-24-10-12-25(13-11-24)9-8-22-18(21-2)23-14-15-6-4-5-7-16(15)26-17(19)20;/h4-7,17H,3,8-14H2,1-2H3,(H2,21,22,23);1H. The number of aliphatic imine (C=N–C) groups is 1. The van der Waals surface area contributed by atoms with Crippen LogP contribution in [0.25, 0.3) is 0 Å². The summed E-state index contributed by atoms with van der Waals surface area (Å²) in [6.07, 6.45) is 0. The zero-order valence-electron chi connectivity index (χ0n) is 16.0. The van der Waals surface area contributed by atoms with Gasteiger partial charge >= 0.3 is 6.61 Å². The van der Waals surface area contributed by atoms with E-state index in [1.54, 1.807) is 25.2 Å². The van der Waals surface area contributed by atoms with Crippen molar-refractivity contribution in [1.82, 2.24) is 20.4 Å². The maximum absolute atomic E-state index is 12.5. The molecule has 9 heteroatoms. The number of guanidine groups is 1. The van der Waals surface area contributed by atoms with Crippen LogP contribution in [0.5, 0.6) is 5.75 Å². The molecule has 1 heterocycles. The van der Waals surface area contributed by atoms with Crippen LogP contribution in [-0.4, -0.2) is 75.2 Å². The molecular formula is C18H30F2IN5O. The van der Waals surface area contributed by atoms with E-state index < -0.39 is 6.61 Å². The summed E-state index contributed by atoms with van der Waals surface area (Å²) >= 11 is 0. The number of rotatable bonds is 8. The third-order valence-corrected chi connectivity index (χ3v) is 4.49. The molecule has 2 rings (SSSR count). The molecule has 1 aliphatic heterocycles. The molecule has 2 N–H and O–H groups in total. The molecule has 1 aromatic rings. The Morgan fingerprint density at radius 2 is 1.81 bits per heavy atom. The van der Waals surface area contributed by atoms with Crippen LogP contribution in [0.15, 0.2) is 29.3 Å². The van der Waals surface area contributed by atoms with E-state index in [0.717, 1.165) is 45.8 Å². The number of likely N-dealkylation sites (N-methyl/N-ethyl adjacent to an activating group) is 1. The summed E-state index contributed by atoms with van der Waals surface area (Å²) in [5, 5.41) is 6.41. The van der Waals surface area contributed by atoms with Gasteiger partial charge in [0.15, 0.2) is 5.96 Å². The first-order valence-electron chi connectivity index (χ1n) is 9.04. The summed E-state index contributed by atoms with van der Waals surface area (Å²) in [5.41, 5.74) is 0.659. The second kappa shape index (κ2) is 13.1. The van der Waals surface area contributed by atoms with Crippen molar-refractivity contribution in [3.05, 3.63) is 29.8 Å². The van der Waals surface area contributed by atoms with E-state index in [9.17, 15) is 8.78 Å². The molecule has 0 saturated carbocycles. The van der Waals surface area contributed by atoms with E-state index in [0.29, 0.717) is 18.1 Å². The minimum Gasteiger partial charge on any atom is -0.434 e. The molecule has 1 aromatic carbocycles. The predicted molar refractivity (Wildman–Crippen MR) is 115 cm³/mol. The Labute approximate surface area is 177 Å². The van der Waals surface area contributed by atoms with Crippen LogP contribution in [0.2, 0.25) is 0 Å². The number of alkyl halides is 2. The summed E-state index contributed by atoms with van der Waals surface area (Å²) in [7, 11) is 1.69. The third kappa shape index (κ3) is 8.56. The van der Waals surface area contributed by atoms with Gasteiger partial charge in [0.2, 0.25) is 0 Å². The van der Waals surface area contributed by atoms with E-state index in [2.05, 4.69) is 37.1 Å². The van der Waals surface area contributed by atoms with Gasteiger partial charge in [-0.15, -0.1) is 24.0 Å². The van der Waals surface area contributed by atoms with E-state index >= 15 is 0 Å². The first kappa shape index (κ1) is 23.8. The third-order valence-electron chi connectivity index (χ3n) is 4.49. The molecule has 27 heavy (non-hydrogen) atoms. The van der Waals surface area contributed by atoms with Gasteiger partial charge in [-0.2, -0.15) is 8.78 Å². The number of nitrogens with zero attached hydrogens (tertiary/aromatic N) is 3. The van der Waals surface area contributed by atoms with Crippen molar-refractivity contribution in [2.24, 2.45) is 4.99 Å². The Morgan fingerprint density at radius 1 is 1.15 bits per heavy atom. The second-order valence-electron chi connectivity index (χ2n) is 6.11. The minimum atomic E-state index is -2.83. The lowest BCUT2D eigenvalue weighted by Gasteiger charge is -2.34. The molecular weight excluding hydrogens is 467 g/mol. The van der Waals surface area contributed by atoms with Crippen molar-refractivity contribution >= 4 is 29.9 Å². The Morgan fingerprint density at radius 3 is 2.44 bits per heavy atom. The molecule has 0 aromatic heterocycles. The number of piperazine rings is 1. The molecule has 1 fully saturated rings. The normalized spacial score (nSPS) is 16.1. The van der Waals surface area contributed by atoms with Crippen LogP contribution in [-0.2, 0) is 6.54 Å². The average molecular weight is 497 g/mol. The van der Waals surface area contributed by atoms with Gasteiger partial charge in [0.25, 0.3) is 0 Å². The van der Waals surface area contributed by atoms with Crippen molar-refractivity contribution in [2.75, 3.05) is 52.9 Å². The molecule has 0 spiro atoms. The zero-order chi connectivity index (χ0) is 18.8. The van der Waals surface area contributed by atoms with Crippen molar-refractivity contribution in [1.29, 1.82) is 0 Å². The molecule has 0 atom stereocenters. The highest BCUT2D eigenvalue weighted by Gasteiger charge is 2.15. The van der Waals surface area contributed by atoms with Gasteiger partial charge < -0.3 is 20.3 Å². The van der Waals surface area contributed by atoms with Crippen LogP contribution in [0, 0.1) is 0 Å². The Kier molecular flexibility index (Phi) is 11.5. The molecule has 0 unspecified atom stereocenters. The number of hydrogen-bond acceptors (Lipinski definition) is 4. The van der Waals surface area contributed by atoms with Crippen molar-refractivity contribution in [3.63, 3.8) is 0 Å². The fraction of sp³-hybridized carbons (Fsp3) is 0.611. The van der Waals surface area contributed by atoms with E-state index in [-0.39, 0.29) is 29.7 Å². The number of halogens is 3. The summed E-state index contributed by atoms with van der Waals surface area (Å²) < 4.78 is 29.5. The number of ether oxygens (including phenoxy) is 1. The first-order chi connectivity index (χ1) is 12.6. The highest BCUT2D eigenvalue weighted by molar-refractivity contribution is 14.0. The largest absolute Gasteiger partial charge is 0.434 e. The lowest BCUT2D eigenvalue weighted by molar-refractivity contribution is -0.0504. The van der Waals surface area contributed by atoms with Crippen LogP contribution >= 0.6 is 24.0 Å². The van der Waals surface area contributed by atoms with Gasteiger partial charge in [0.05, 0.1) is 0 Å². The number of hydrogen-bond donors (Lipinski definition) is 2. The van der Waals surface area contributed by atoms with Crippen molar-refractivity contribution in [2.45, 2.75) is 20.1 Å². The van der Waals surface area contributed by atoms with E-state index in [1.807, 2.05) is 0 Å². The molecule has 0 aliphatic carbocycles. The van der Waals surface area contributed by atoms with Crippen LogP contribution in [0.3, 0.4) is 0 Å². The van der Waals surface area contributed by atoms with Gasteiger partial charge in [-0.05, 0) is 12.6 Å². The number of nitrogens with one attached hydrogen (secondary N) is 2. The molecule has 0 bridgehead atoms. The minimum absolute atomic E-state index is 0. The van der Waals surface area contributed by atoms with Gasteiger partial charge in [-0.1, -0.05) is 25.1 Å². The topological polar surface area (TPSA) is 52.1 Å². The van der Waals surface area contributed by atoms with E-state index in [4.69, 9.17) is 0 Å². The lowest BCUT2D eigenvalue weighted by Crippen LogP contribution is -2.49. The number of para-hydroxylation sites is 1. The smallest absolute Gasteiger partial charge is 0.387 e. The zero-order valence-corrected chi connectivity index (χ0v) is 18.3. The van der Waals surface area contributed by atoms with E-state index in [1.165, 1.54) is 6.07 Å². The summed E-state index contributed by atoms with van der Waals surface area (Å²) in [5.74, 6) is 0.822. The summed E-state index contributed by atoms with van der Waals surface area (Å²) in [6, 6.07) is 6.76. The molecule has 1 saturated heterocycles. The van der Waals surface area contributed by atoms with Crippen LogP contribution in [0.4, 0.5) is 8.78 Å². The lowest BCUT2D eigenvalue weighted by atomic mass is 10.2. The van der Waals surface area contributed by atoms with Gasteiger partial charge in [0, 0.05) is 58.4 Å². The maximum Gasteiger partial charge on any atom is 0.387 e. The maximum atomic E-state index is 12.5. The van der Waals surface area contributed by atoms with Gasteiger partial charge in [0.1, 0.15) is 5.75 Å². The quantitative estimate of drug-likeness (QED) is 0.328. The highest BCUT2D eigenvalue weighted by Crippen LogP contribution is 2.19. The number of benzene rings is 1. The monoisotopic (exact) mass is 497 g/mol. The van der Waals surface area contributed by atoms with Crippen molar-refractivity contribution in [3.8, 4) is 5.75 Å². The molecule has 6 nitrogen and oxygen atoms in total. The van der Waals surface area contributed by atoms with Gasteiger partial charge in [-0.25, -0.2) is 0 Å². The second-order valence-corrected chi connectivity index (χ2v) is 6.11. The Balaban J connectivity index is 0.00000364. The van der Waals surface area contributed by atoms with Crippen LogP contribution < -0.4 is 15.4 Å². The molecule has 0 amide bonds. The SMILES string of the molecule is CCN1CCN(CCNC(=NC)NCc2ccccc2OC(F)F)CC1.I. The summed E-state index contributed by atoms with van der Waals surface area (Å²) in [6.45, 7) is 6.95. The fourth-order valence-electron chi connectivity index (χ4n) is 2.92.